The number of nitrogens with zero attached hydrogens (tertiary/aromatic N) is 3. The SMILES string of the molecule is COC[C@H](C)NC1CCC(Nc2cc(-c3cncc(NCC4(C#N)CC4)c3)c(F)cn2)CC1. The first-order valence-corrected chi connectivity index (χ1v) is 11.8. The second kappa shape index (κ2) is 10.4. The zero-order valence-electron chi connectivity index (χ0n) is 19.4. The van der Waals surface area contributed by atoms with Gasteiger partial charge in [0.1, 0.15) is 11.6 Å². The zero-order valence-corrected chi connectivity index (χ0v) is 19.4. The Morgan fingerprint density at radius 1 is 1.18 bits per heavy atom. The highest BCUT2D eigenvalue weighted by Crippen LogP contribution is 2.44. The molecule has 2 saturated carbocycles. The smallest absolute Gasteiger partial charge is 0.149 e. The summed E-state index contributed by atoms with van der Waals surface area (Å²) in [6.45, 7) is 3.44. The van der Waals surface area contributed by atoms with Crippen molar-refractivity contribution >= 4 is 11.5 Å². The van der Waals surface area contributed by atoms with Gasteiger partial charge in [-0.05, 0) is 57.6 Å². The third-order valence-corrected chi connectivity index (χ3v) is 6.64. The fourth-order valence-corrected chi connectivity index (χ4v) is 4.49. The number of hydrogen-bond acceptors (Lipinski definition) is 7. The summed E-state index contributed by atoms with van der Waals surface area (Å²) in [5.74, 6) is 0.297. The third-order valence-electron chi connectivity index (χ3n) is 6.64. The predicted molar refractivity (Wildman–Crippen MR) is 127 cm³/mol. The molecule has 3 N–H and O–H groups in total. The van der Waals surface area contributed by atoms with Crippen LogP contribution in [0.1, 0.15) is 45.4 Å². The minimum Gasteiger partial charge on any atom is -0.383 e. The van der Waals surface area contributed by atoms with Crippen molar-refractivity contribution in [3.63, 3.8) is 0 Å². The third kappa shape index (κ3) is 6.18. The second-order valence-electron chi connectivity index (χ2n) is 9.47. The van der Waals surface area contributed by atoms with Crippen LogP contribution in [0.2, 0.25) is 0 Å². The largest absolute Gasteiger partial charge is 0.383 e. The molecule has 4 rings (SSSR count). The van der Waals surface area contributed by atoms with Crippen molar-refractivity contribution in [1.29, 1.82) is 5.26 Å². The van der Waals surface area contributed by atoms with Gasteiger partial charge in [-0.15, -0.1) is 0 Å². The molecular formula is C25H33FN6O. The van der Waals surface area contributed by atoms with E-state index in [0.717, 1.165) is 44.2 Å². The van der Waals surface area contributed by atoms with Crippen molar-refractivity contribution in [1.82, 2.24) is 15.3 Å². The van der Waals surface area contributed by atoms with E-state index in [1.165, 1.54) is 6.20 Å². The van der Waals surface area contributed by atoms with Gasteiger partial charge in [0.05, 0.1) is 30.0 Å². The van der Waals surface area contributed by atoms with E-state index in [1.807, 2.05) is 6.07 Å². The topological polar surface area (TPSA) is 94.9 Å². The Balaban J connectivity index is 1.37. The van der Waals surface area contributed by atoms with Gasteiger partial charge in [-0.3, -0.25) is 4.98 Å². The number of aromatic nitrogens is 2. The van der Waals surface area contributed by atoms with Crippen LogP contribution in [-0.2, 0) is 4.74 Å². The molecule has 176 valence electrons. The van der Waals surface area contributed by atoms with Crippen LogP contribution < -0.4 is 16.0 Å². The van der Waals surface area contributed by atoms with Crippen LogP contribution in [0.25, 0.3) is 11.1 Å². The summed E-state index contributed by atoms with van der Waals surface area (Å²) in [7, 11) is 1.73. The highest BCUT2D eigenvalue weighted by molar-refractivity contribution is 5.69. The quantitative estimate of drug-likeness (QED) is 0.493. The summed E-state index contributed by atoms with van der Waals surface area (Å²) < 4.78 is 19.9. The average Bonchev–Trinajstić information content (AvgIpc) is 3.61. The van der Waals surface area contributed by atoms with Crippen molar-refractivity contribution in [2.75, 3.05) is 30.9 Å². The van der Waals surface area contributed by atoms with Crippen molar-refractivity contribution in [2.45, 2.75) is 63.6 Å². The summed E-state index contributed by atoms with van der Waals surface area (Å²) >= 11 is 0. The van der Waals surface area contributed by atoms with Gasteiger partial charge >= 0.3 is 0 Å². The first kappa shape index (κ1) is 23.4. The van der Waals surface area contributed by atoms with E-state index in [9.17, 15) is 9.65 Å². The molecule has 2 aliphatic rings. The molecule has 7 nitrogen and oxygen atoms in total. The molecule has 0 aliphatic heterocycles. The molecule has 2 fully saturated rings. The first-order chi connectivity index (χ1) is 16.0. The lowest BCUT2D eigenvalue weighted by Crippen LogP contribution is -2.42. The summed E-state index contributed by atoms with van der Waals surface area (Å²) in [5.41, 5.74) is 1.68. The number of rotatable bonds is 10. The van der Waals surface area contributed by atoms with Gasteiger partial charge in [-0.2, -0.15) is 5.26 Å². The molecule has 0 spiro atoms. The molecule has 0 radical (unpaired) electrons. The maximum atomic E-state index is 14.6. The molecule has 0 unspecified atom stereocenters. The van der Waals surface area contributed by atoms with Crippen molar-refractivity contribution in [3.05, 3.63) is 36.5 Å². The number of nitrogens with one attached hydrogen (secondary N) is 3. The highest BCUT2D eigenvalue weighted by atomic mass is 19.1. The summed E-state index contributed by atoms with van der Waals surface area (Å²) in [6.07, 6.45) is 10.7. The van der Waals surface area contributed by atoms with Crippen LogP contribution in [0.5, 0.6) is 0 Å². The van der Waals surface area contributed by atoms with Crippen LogP contribution in [0.4, 0.5) is 15.9 Å². The Morgan fingerprint density at radius 3 is 2.64 bits per heavy atom. The number of pyridine rings is 2. The molecule has 0 aromatic carbocycles. The molecule has 33 heavy (non-hydrogen) atoms. The summed E-state index contributed by atoms with van der Waals surface area (Å²) in [5, 5.41) is 19.7. The number of anilines is 2. The van der Waals surface area contributed by atoms with Crippen LogP contribution in [0.3, 0.4) is 0 Å². The minimum atomic E-state index is -0.379. The van der Waals surface area contributed by atoms with Crippen LogP contribution in [0.15, 0.2) is 30.7 Å². The molecule has 0 amide bonds. The van der Waals surface area contributed by atoms with Crippen LogP contribution in [0, 0.1) is 22.6 Å². The van der Waals surface area contributed by atoms with Gasteiger partial charge in [0.15, 0.2) is 0 Å². The van der Waals surface area contributed by atoms with Crippen molar-refractivity contribution in [3.8, 4) is 17.2 Å². The number of ether oxygens (including phenoxy) is 1. The van der Waals surface area contributed by atoms with Gasteiger partial charge in [0.25, 0.3) is 0 Å². The van der Waals surface area contributed by atoms with Gasteiger partial charge in [0.2, 0.25) is 0 Å². The summed E-state index contributed by atoms with van der Waals surface area (Å²) in [6, 6.07) is 7.18. The number of nitriles is 1. The lowest BCUT2D eigenvalue weighted by molar-refractivity contribution is 0.161. The van der Waals surface area contributed by atoms with E-state index in [0.29, 0.717) is 48.2 Å². The molecule has 2 aliphatic carbocycles. The van der Waals surface area contributed by atoms with Crippen molar-refractivity contribution < 1.29 is 9.13 Å². The van der Waals surface area contributed by atoms with Crippen LogP contribution in [-0.4, -0.2) is 48.4 Å². The van der Waals surface area contributed by atoms with Gasteiger partial charge < -0.3 is 20.7 Å². The number of methoxy groups -OCH3 is 1. The Kier molecular flexibility index (Phi) is 7.41. The number of halogens is 1. The predicted octanol–water partition coefficient (Wildman–Crippen LogP) is 4.35. The molecular weight excluding hydrogens is 419 g/mol. The normalized spacial score (nSPS) is 22.2. The number of hydrogen-bond donors (Lipinski definition) is 3. The molecule has 0 saturated heterocycles. The van der Waals surface area contributed by atoms with Gasteiger partial charge in [0, 0.05) is 55.3 Å². The molecule has 2 aromatic heterocycles. The van der Waals surface area contributed by atoms with E-state index in [1.54, 1.807) is 25.6 Å². The fraction of sp³-hybridized carbons (Fsp3) is 0.560. The molecule has 1 atom stereocenters. The lowest BCUT2D eigenvalue weighted by atomic mass is 9.90. The Morgan fingerprint density at radius 2 is 1.94 bits per heavy atom. The molecule has 2 heterocycles. The Bertz CT molecular complexity index is 981. The standard InChI is InChI=1S/C25H33FN6O/c1-17(14-33-2)31-19-3-5-20(6-4-19)32-24-10-22(23(26)13-29-24)18-9-21(12-28-11-18)30-16-25(15-27)7-8-25/h9-13,17,19-20,30-31H,3-8,14,16H2,1-2H3,(H,29,32)/t17-,19?,20?/m0/s1. The van der Waals surface area contributed by atoms with E-state index < -0.39 is 0 Å². The van der Waals surface area contributed by atoms with E-state index in [4.69, 9.17) is 4.74 Å². The zero-order chi connectivity index (χ0) is 23.3. The molecule has 2 aromatic rings. The maximum Gasteiger partial charge on any atom is 0.149 e. The summed E-state index contributed by atoms with van der Waals surface area (Å²) in [4.78, 5) is 8.54. The van der Waals surface area contributed by atoms with Gasteiger partial charge in [-0.1, -0.05) is 0 Å². The monoisotopic (exact) mass is 452 g/mol. The average molecular weight is 453 g/mol. The van der Waals surface area contributed by atoms with E-state index in [2.05, 4.69) is 38.9 Å². The fourth-order valence-electron chi connectivity index (χ4n) is 4.49. The second-order valence-corrected chi connectivity index (χ2v) is 9.47. The maximum absolute atomic E-state index is 14.6. The molecule has 0 bridgehead atoms. The Labute approximate surface area is 195 Å². The highest BCUT2D eigenvalue weighted by Gasteiger charge is 2.42. The Hall–Kier alpha value is -2.76. The van der Waals surface area contributed by atoms with Crippen LogP contribution >= 0.6 is 0 Å². The van der Waals surface area contributed by atoms with Gasteiger partial charge in [-0.25, -0.2) is 9.37 Å². The minimum absolute atomic E-state index is 0.259. The van der Waals surface area contributed by atoms with E-state index >= 15 is 0 Å². The van der Waals surface area contributed by atoms with Crippen molar-refractivity contribution in [2.24, 2.45) is 5.41 Å². The van der Waals surface area contributed by atoms with E-state index in [-0.39, 0.29) is 11.2 Å². The molecule has 8 heteroatoms. The lowest BCUT2D eigenvalue weighted by Gasteiger charge is -2.31. The first-order valence-electron chi connectivity index (χ1n) is 11.8.